The molecule has 0 aliphatic heterocycles. The predicted octanol–water partition coefficient (Wildman–Crippen LogP) is 3.04. The van der Waals surface area contributed by atoms with Gasteiger partial charge in [-0.3, -0.25) is 0 Å². The maximum absolute atomic E-state index is 11.7. The summed E-state index contributed by atoms with van der Waals surface area (Å²) in [6, 6.07) is 10.7. The van der Waals surface area contributed by atoms with Gasteiger partial charge in [-0.05, 0) is 25.1 Å². The van der Waals surface area contributed by atoms with Crippen LogP contribution in [0.15, 0.2) is 42.6 Å². The third kappa shape index (κ3) is 3.70. The fourth-order valence-corrected chi connectivity index (χ4v) is 1.51. The topological polar surface area (TPSA) is 63.2 Å². The van der Waals surface area contributed by atoms with Crippen LogP contribution in [0.4, 0.5) is 16.2 Å². The van der Waals surface area contributed by atoms with Crippen LogP contribution in [0.1, 0.15) is 5.56 Å². The first-order valence-corrected chi connectivity index (χ1v) is 5.82. The summed E-state index contributed by atoms with van der Waals surface area (Å²) in [4.78, 5) is 15.7. The summed E-state index contributed by atoms with van der Waals surface area (Å²) >= 11 is 0. The molecule has 98 valence electrons. The van der Waals surface area contributed by atoms with Crippen molar-refractivity contribution in [3.05, 3.63) is 48.2 Å². The number of ether oxygens (including phenoxy) is 1. The molecule has 0 bridgehead atoms. The molecule has 0 aliphatic rings. The number of aromatic nitrogens is 1. The number of benzene rings is 1. The van der Waals surface area contributed by atoms with Gasteiger partial charge >= 0.3 is 6.03 Å². The van der Waals surface area contributed by atoms with E-state index in [4.69, 9.17) is 4.74 Å². The van der Waals surface area contributed by atoms with Crippen LogP contribution in [0.25, 0.3) is 0 Å². The first kappa shape index (κ1) is 12.9. The lowest BCUT2D eigenvalue weighted by Crippen LogP contribution is -2.19. The standard InChI is InChI=1S/C14H15N3O2/c1-10-3-5-11(6-4-10)16-14(18)17-12-7-8-13(19-2)15-9-12/h3-9H,1-2H3,(H2,16,17,18). The summed E-state index contributed by atoms with van der Waals surface area (Å²) in [5.41, 5.74) is 2.49. The number of methoxy groups -OCH3 is 1. The van der Waals surface area contributed by atoms with E-state index < -0.39 is 0 Å². The summed E-state index contributed by atoms with van der Waals surface area (Å²) in [5, 5.41) is 5.43. The number of pyridine rings is 1. The number of aryl methyl sites for hydroxylation is 1. The average Bonchev–Trinajstić information content (AvgIpc) is 2.42. The van der Waals surface area contributed by atoms with E-state index in [0.717, 1.165) is 11.3 Å². The van der Waals surface area contributed by atoms with Gasteiger partial charge in [0, 0.05) is 11.8 Å². The molecular formula is C14H15N3O2. The highest BCUT2D eigenvalue weighted by molar-refractivity contribution is 5.99. The molecule has 0 unspecified atom stereocenters. The fourth-order valence-electron chi connectivity index (χ4n) is 1.51. The number of hydrogen-bond acceptors (Lipinski definition) is 3. The van der Waals surface area contributed by atoms with Crippen molar-refractivity contribution < 1.29 is 9.53 Å². The number of carbonyl (C=O) groups is 1. The Labute approximate surface area is 111 Å². The van der Waals surface area contributed by atoms with Gasteiger partial charge in [0.25, 0.3) is 0 Å². The number of anilines is 2. The summed E-state index contributed by atoms with van der Waals surface area (Å²) in [5.74, 6) is 0.504. The van der Waals surface area contributed by atoms with Gasteiger partial charge in [0.1, 0.15) is 0 Å². The lowest BCUT2D eigenvalue weighted by atomic mass is 10.2. The van der Waals surface area contributed by atoms with Crippen molar-refractivity contribution in [3.8, 4) is 5.88 Å². The molecule has 5 heteroatoms. The van der Waals surface area contributed by atoms with Crippen molar-refractivity contribution in [2.24, 2.45) is 0 Å². The zero-order chi connectivity index (χ0) is 13.7. The first-order valence-electron chi connectivity index (χ1n) is 5.82. The van der Waals surface area contributed by atoms with E-state index in [1.54, 1.807) is 19.2 Å². The van der Waals surface area contributed by atoms with Gasteiger partial charge < -0.3 is 15.4 Å². The smallest absolute Gasteiger partial charge is 0.323 e. The molecule has 5 nitrogen and oxygen atoms in total. The number of nitrogens with zero attached hydrogens (tertiary/aromatic N) is 1. The molecule has 0 radical (unpaired) electrons. The number of hydrogen-bond donors (Lipinski definition) is 2. The fraction of sp³-hybridized carbons (Fsp3) is 0.143. The van der Waals surface area contributed by atoms with Gasteiger partial charge in [-0.25, -0.2) is 9.78 Å². The average molecular weight is 257 g/mol. The van der Waals surface area contributed by atoms with Crippen LogP contribution in [0.3, 0.4) is 0 Å². The maximum atomic E-state index is 11.7. The molecule has 0 saturated heterocycles. The first-order chi connectivity index (χ1) is 9.17. The third-order valence-electron chi connectivity index (χ3n) is 2.51. The van der Waals surface area contributed by atoms with Crippen LogP contribution in [0.2, 0.25) is 0 Å². The van der Waals surface area contributed by atoms with E-state index in [2.05, 4.69) is 15.6 Å². The van der Waals surface area contributed by atoms with Gasteiger partial charge in [-0.2, -0.15) is 0 Å². The largest absolute Gasteiger partial charge is 0.481 e. The van der Waals surface area contributed by atoms with Crippen LogP contribution >= 0.6 is 0 Å². The van der Waals surface area contributed by atoms with E-state index in [9.17, 15) is 4.79 Å². The summed E-state index contributed by atoms with van der Waals surface area (Å²) in [6.45, 7) is 1.99. The minimum Gasteiger partial charge on any atom is -0.481 e. The molecule has 2 rings (SSSR count). The van der Waals surface area contributed by atoms with Crippen LogP contribution in [0.5, 0.6) is 5.88 Å². The molecular weight excluding hydrogens is 242 g/mol. The molecule has 19 heavy (non-hydrogen) atoms. The molecule has 2 aromatic rings. The number of urea groups is 1. The Morgan fingerprint density at radius 3 is 2.26 bits per heavy atom. The van der Waals surface area contributed by atoms with Crippen molar-refractivity contribution in [2.75, 3.05) is 17.7 Å². The zero-order valence-electron chi connectivity index (χ0n) is 10.8. The Balaban J connectivity index is 1.95. The molecule has 2 N–H and O–H groups in total. The minimum absolute atomic E-state index is 0.309. The van der Waals surface area contributed by atoms with Crippen molar-refractivity contribution in [2.45, 2.75) is 6.92 Å². The third-order valence-corrected chi connectivity index (χ3v) is 2.51. The lowest BCUT2D eigenvalue weighted by molar-refractivity contribution is 0.262. The molecule has 0 aliphatic carbocycles. The minimum atomic E-state index is -0.309. The number of rotatable bonds is 3. The number of nitrogens with one attached hydrogen (secondary N) is 2. The Morgan fingerprint density at radius 2 is 1.68 bits per heavy atom. The predicted molar refractivity (Wildman–Crippen MR) is 74.6 cm³/mol. The molecule has 0 spiro atoms. The van der Waals surface area contributed by atoms with Crippen LogP contribution < -0.4 is 15.4 Å². The van der Waals surface area contributed by atoms with Gasteiger partial charge in [-0.1, -0.05) is 17.7 Å². The highest BCUT2D eigenvalue weighted by Crippen LogP contribution is 2.12. The summed E-state index contributed by atoms with van der Waals surface area (Å²) in [6.07, 6.45) is 1.54. The van der Waals surface area contributed by atoms with E-state index in [1.165, 1.54) is 6.20 Å². The molecule has 0 fully saturated rings. The van der Waals surface area contributed by atoms with E-state index in [-0.39, 0.29) is 6.03 Å². The number of amides is 2. The Morgan fingerprint density at radius 1 is 1.05 bits per heavy atom. The Kier molecular flexibility index (Phi) is 3.97. The second kappa shape index (κ2) is 5.86. The normalized spacial score (nSPS) is 9.79. The summed E-state index contributed by atoms with van der Waals surface area (Å²) in [7, 11) is 1.54. The molecule has 0 atom stereocenters. The number of carbonyl (C=O) groups excluding carboxylic acids is 1. The SMILES string of the molecule is COc1ccc(NC(=O)Nc2ccc(C)cc2)cn1. The van der Waals surface area contributed by atoms with Crippen molar-refractivity contribution in [3.63, 3.8) is 0 Å². The van der Waals surface area contributed by atoms with E-state index >= 15 is 0 Å². The molecule has 0 saturated carbocycles. The second-order valence-corrected chi connectivity index (χ2v) is 4.03. The van der Waals surface area contributed by atoms with E-state index in [1.807, 2.05) is 31.2 Å². The highest BCUT2D eigenvalue weighted by Gasteiger charge is 2.03. The zero-order valence-corrected chi connectivity index (χ0v) is 10.8. The Hall–Kier alpha value is -2.56. The van der Waals surface area contributed by atoms with Gasteiger partial charge in [0.15, 0.2) is 0 Å². The quantitative estimate of drug-likeness (QED) is 0.888. The van der Waals surface area contributed by atoms with E-state index in [0.29, 0.717) is 11.6 Å². The van der Waals surface area contributed by atoms with Crippen LogP contribution in [0, 0.1) is 6.92 Å². The lowest BCUT2D eigenvalue weighted by Gasteiger charge is -2.08. The molecule has 1 aromatic heterocycles. The van der Waals surface area contributed by atoms with Gasteiger partial charge in [0.2, 0.25) is 5.88 Å². The van der Waals surface area contributed by atoms with Crippen molar-refractivity contribution >= 4 is 17.4 Å². The van der Waals surface area contributed by atoms with Crippen molar-refractivity contribution in [1.82, 2.24) is 4.98 Å². The Bertz CT molecular complexity index is 550. The molecule has 1 aromatic carbocycles. The molecule has 2 amide bonds. The van der Waals surface area contributed by atoms with Gasteiger partial charge in [-0.15, -0.1) is 0 Å². The maximum Gasteiger partial charge on any atom is 0.323 e. The monoisotopic (exact) mass is 257 g/mol. The summed E-state index contributed by atoms with van der Waals surface area (Å²) < 4.78 is 4.94. The van der Waals surface area contributed by atoms with Gasteiger partial charge in [0.05, 0.1) is 19.0 Å². The molecule has 1 heterocycles. The highest BCUT2D eigenvalue weighted by atomic mass is 16.5. The second-order valence-electron chi connectivity index (χ2n) is 4.03. The van der Waals surface area contributed by atoms with Crippen LogP contribution in [-0.2, 0) is 0 Å². The van der Waals surface area contributed by atoms with Crippen molar-refractivity contribution in [1.29, 1.82) is 0 Å². The van der Waals surface area contributed by atoms with Crippen LogP contribution in [-0.4, -0.2) is 18.1 Å².